The second kappa shape index (κ2) is 21.2. The summed E-state index contributed by atoms with van der Waals surface area (Å²) < 4.78 is 10.8. The summed E-state index contributed by atoms with van der Waals surface area (Å²) in [6.45, 7) is 8.04. The Morgan fingerprint density at radius 3 is 1.24 bits per heavy atom. The molecule has 0 aliphatic carbocycles. The molecule has 0 unspecified atom stereocenters. The van der Waals surface area contributed by atoms with Gasteiger partial charge in [0.15, 0.2) is 0 Å². The Morgan fingerprint density at radius 1 is 0.559 bits per heavy atom. The number of ether oxygens (including phenoxy) is 2. The van der Waals surface area contributed by atoms with Crippen LogP contribution in [0.25, 0.3) is 0 Å². The van der Waals surface area contributed by atoms with E-state index in [0.29, 0.717) is 12.8 Å². The van der Waals surface area contributed by atoms with Gasteiger partial charge in [0.2, 0.25) is 0 Å². The van der Waals surface area contributed by atoms with E-state index in [2.05, 4.69) is 13.2 Å². The van der Waals surface area contributed by atoms with Crippen LogP contribution in [0.5, 0.6) is 0 Å². The number of hydrogen-bond acceptors (Lipinski definition) is 4. The van der Waals surface area contributed by atoms with E-state index in [1.54, 1.807) is 0 Å². The largest absolute Gasteiger partial charge is 0.461 e. The molecule has 0 N–H and O–H groups in total. The lowest BCUT2D eigenvalue weighted by Crippen LogP contribution is -2.05. The SMILES string of the molecule is C=CCCCCCCCCC(=O)OCc1ccc(COC(=O)CCCCCCCCC=C)cc1. The molecule has 190 valence electrons. The topological polar surface area (TPSA) is 52.6 Å². The van der Waals surface area contributed by atoms with Crippen LogP contribution in [0.2, 0.25) is 0 Å². The molecule has 0 saturated carbocycles. The van der Waals surface area contributed by atoms with E-state index in [9.17, 15) is 9.59 Å². The highest BCUT2D eigenvalue weighted by Crippen LogP contribution is 2.12. The van der Waals surface area contributed by atoms with Gasteiger partial charge in [-0.15, -0.1) is 13.2 Å². The van der Waals surface area contributed by atoms with Crippen LogP contribution in [0, 0.1) is 0 Å². The third-order valence-corrected chi connectivity index (χ3v) is 5.90. The van der Waals surface area contributed by atoms with Gasteiger partial charge in [-0.3, -0.25) is 9.59 Å². The van der Waals surface area contributed by atoms with Crippen molar-refractivity contribution in [1.29, 1.82) is 0 Å². The first kappa shape index (κ1) is 29.7. The summed E-state index contributed by atoms with van der Waals surface area (Å²) in [5.74, 6) is -0.275. The number of carbonyl (C=O) groups excluding carboxylic acids is 2. The molecule has 0 fully saturated rings. The first-order valence-electron chi connectivity index (χ1n) is 13.3. The fourth-order valence-electron chi connectivity index (χ4n) is 3.73. The highest BCUT2D eigenvalue weighted by molar-refractivity contribution is 5.69. The average Bonchev–Trinajstić information content (AvgIpc) is 2.85. The summed E-state index contributed by atoms with van der Waals surface area (Å²) in [4.78, 5) is 23.9. The molecule has 0 aliphatic rings. The van der Waals surface area contributed by atoms with Gasteiger partial charge in [-0.2, -0.15) is 0 Å². The molecular weight excluding hydrogens is 424 g/mol. The van der Waals surface area contributed by atoms with Crippen molar-refractivity contribution < 1.29 is 19.1 Å². The molecule has 1 aromatic rings. The van der Waals surface area contributed by atoms with E-state index in [4.69, 9.17) is 9.47 Å². The summed E-state index contributed by atoms with van der Waals surface area (Å²) in [6, 6.07) is 7.69. The minimum Gasteiger partial charge on any atom is -0.461 e. The highest BCUT2D eigenvalue weighted by atomic mass is 16.5. The van der Waals surface area contributed by atoms with Crippen molar-refractivity contribution in [2.45, 2.75) is 116 Å². The van der Waals surface area contributed by atoms with E-state index < -0.39 is 0 Å². The lowest BCUT2D eigenvalue weighted by Gasteiger charge is -2.08. The molecule has 0 aromatic heterocycles. The van der Waals surface area contributed by atoms with Crippen LogP contribution in [-0.4, -0.2) is 11.9 Å². The van der Waals surface area contributed by atoms with Gasteiger partial charge in [-0.05, 0) is 49.7 Å². The highest BCUT2D eigenvalue weighted by Gasteiger charge is 2.06. The summed E-state index contributed by atoms with van der Waals surface area (Å²) >= 11 is 0. The van der Waals surface area contributed by atoms with Crippen LogP contribution in [-0.2, 0) is 32.3 Å². The molecule has 0 saturated heterocycles. The molecular formula is C30H46O4. The standard InChI is InChI=1S/C30H46O4/c1-3-5-7-9-11-13-15-17-19-29(31)33-25-27-21-23-28(24-22-27)26-34-30(32)20-18-16-14-12-10-8-6-4-2/h3-4,21-24H,1-2,5-20,25-26H2. The van der Waals surface area contributed by atoms with E-state index >= 15 is 0 Å². The first-order chi connectivity index (χ1) is 16.7. The van der Waals surface area contributed by atoms with E-state index in [-0.39, 0.29) is 25.2 Å². The Balaban J connectivity index is 2.06. The van der Waals surface area contributed by atoms with E-state index in [1.165, 1.54) is 51.4 Å². The summed E-state index contributed by atoms with van der Waals surface area (Å²) in [5.41, 5.74) is 1.89. The Morgan fingerprint density at radius 2 is 0.882 bits per heavy atom. The predicted molar refractivity (Wildman–Crippen MR) is 140 cm³/mol. The van der Waals surface area contributed by atoms with Crippen LogP contribution >= 0.6 is 0 Å². The number of carbonyl (C=O) groups is 2. The lowest BCUT2D eigenvalue weighted by atomic mass is 10.1. The Labute approximate surface area is 207 Å². The normalized spacial score (nSPS) is 10.6. The van der Waals surface area contributed by atoms with Crippen molar-refractivity contribution in [3.05, 3.63) is 60.7 Å². The zero-order valence-corrected chi connectivity index (χ0v) is 21.2. The second-order valence-corrected chi connectivity index (χ2v) is 9.04. The van der Waals surface area contributed by atoms with Gasteiger partial charge in [-0.25, -0.2) is 0 Å². The Bertz CT molecular complexity index is 619. The van der Waals surface area contributed by atoms with Crippen molar-refractivity contribution in [2.75, 3.05) is 0 Å². The maximum absolute atomic E-state index is 11.9. The fraction of sp³-hybridized carbons (Fsp3) is 0.600. The van der Waals surface area contributed by atoms with Gasteiger partial charge < -0.3 is 9.47 Å². The zero-order valence-electron chi connectivity index (χ0n) is 21.2. The van der Waals surface area contributed by atoms with Gasteiger partial charge in [0.05, 0.1) is 0 Å². The first-order valence-corrected chi connectivity index (χ1v) is 13.3. The minimum absolute atomic E-state index is 0.138. The molecule has 0 radical (unpaired) electrons. The molecule has 1 aromatic carbocycles. The molecule has 34 heavy (non-hydrogen) atoms. The fourth-order valence-corrected chi connectivity index (χ4v) is 3.73. The molecule has 1 rings (SSSR count). The molecule has 0 spiro atoms. The Kier molecular flexibility index (Phi) is 18.5. The number of esters is 2. The predicted octanol–water partition coefficient (Wildman–Crippen LogP) is 8.39. The van der Waals surface area contributed by atoms with Gasteiger partial charge in [-0.1, -0.05) is 87.8 Å². The Hall–Kier alpha value is -2.36. The molecule has 0 aliphatic heterocycles. The molecule has 0 amide bonds. The van der Waals surface area contributed by atoms with Crippen LogP contribution in [0.4, 0.5) is 0 Å². The second-order valence-electron chi connectivity index (χ2n) is 9.04. The maximum atomic E-state index is 11.9. The quantitative estimate of drug-likeness (QED) is 0.0970. The molecule has 4 nitrogen and oxygen atoms in total. The van der Waals surface area contributed by atoms with Gasteiger partial charge in [0.1, 0.15) is 13.2 Å². The third-order valence-electron chi connectivity index (χ3n) is 5.90. The average molecular weight is 471 g/mol. The lowest BCUT2D eigenvalue weighted by molar-refractivity contribution is -0.146. The van der Waals surface area contributed by atoms with Crippen molar-refractivity contribution in [2.24, 2.45) is 0 Å². The van der Waals surface area contributed by atoms with Crippen LogP contribution in [0.3, 0.4) is 0 Å². The van der Waals surface area contributed by atoms with Crippen LogP contribution in [0.1, 0.15) is 114 Å². The summed E-state index contributed by atoms with van der Waals surface area (Å²) in [6.07, 6.45) is 20.7. The zero-order chi connectivity index (χ0) is 24.7. The molecule has 0 heterocycles. The summed E-state index contributed by atoms with van der Waals surface area (Å²) in [5, 5.41) is 0. The van der Waals surface area contributed by atoms with Gasteiger partial charge in [0, 0.05) is 12.8 Å². The third kappa shape index (κ3) is 17.2. The van der Waals surface area contributed by atoms with Gasteiger partial charge in [0.25, 0.3) is 0 Å². The molecule has 0 bridgehead atoms. The summed E-state index contributed by atoms with van der Waals surface area (Å²) in [7, 11) is 0. The van der Waals surface area contributed by atoms with Crippen molar-refractivity contribution in [1.82, 2.24) is 0 Å². The van der Waals surface area contributed by atoms with Crippen LogP contribution < -0.4 is 0 Å². The maximum Gasteiger partial charge on any atom is 0.306 e. The van der Waals surface area contributed by atoms with Crippen LogP contribution in [0.15, 0.2) is 49.6 Å². The van der Waals surface area contributed by atoms with E-state index in [1.807, 2.05) is 36.4 Å². The molecule has 4 heteroatoms. The van der Waals surface area contributed by atoms with Gasteiger partial charge >= 0.3 is 11.9 Å². The van der Waals surface area contributed by atoms with Crippen molar-refractivity contribution in [3.63, 3.8) is 0 Å². The number of allylic oxidation sites excluding steroid dienone is 2. The van der Waals surface area contributed by atoms with Crippen molar-refractivity contribution in [3.8, 4) is 0 Å². The molecule has 0 atom stereocenters. The number of unbranched alkanes of at least 4 members (excludes halogenated alkanes) is 12. The van der Waals surface area contributed by atoms with Crippen molar-refractivity contribution >= 4 is 11.9 Å². The monoisotopic (exact) mass is 470 g/mol. The number of rotatable bonds is 22. The smallest absolute Gasteiger partial charge is 0.306 e. The minimum atomic E-state index is -0.138. The number of hydrogen-bond donors (Lipinski definition) is 0. The van der Waals surface area contributed by atoms with E-state index in [0.717, 1.165) is 49.7 Å². The number of benzene rings is 1.